The second-order valence-corrected chi connectivity index (χ2v) is 9.58. The van der Waals surface area contributed by atoms with Crippen molar-refractivity contribution in [3.05, 3.63) is 76.2 Å². The van der Waals surface area contributed by atoms with Gasteiger partial charge in [0.05, 0.1) is 5.02 Å². The average molecular weight is 494 g/mol. The standard InChI is InChI=1S/C24H24ClN7OS/c1-16-13-17(2)32-23(27-16)28-24(29-32)34-15-18-5-3-4-6-20(18)22(33)31-11-9-30(10-12-31)21-8-7-19(25)14-26-21/h3-8,13-14H,9-12,15H2,1-2H3. The summed E-state index contributed by atoms with van der Waals surface area (Å²) in [6.45, 7) is 6.68. The first-order valence-electron chi connectivity index (χ1n) is 11.1. The zero-order valence-electron chi connectivity index (χ0n) is 19.0. The fourth-order valence-electron chi connectivity index (χ4n) is 4.07. The summed E-state index contributed by atoms with van der Waals surface area (Å²) < 4.78 is 1.75. The Labute approximate surface area is 207 Å². The van der Waals surface area contributed by atoms with E-state index < -0.39 is 0 Å². The van der Waals surface area contributed by atoms with Crippen LogP contribution in [0.4, 0.5) is 5.82 Å². The number of carbonyl (C=O) groups excluding carboxylic acids is 1. The number of amides is 1. The van der Waals surface area contributed by atoms with Crippen LogP contribution < -0.4 is 4.90 Å². The zero-order valence-corrected chi connectivity index (χ0v) is 20.6. The summed E-state index contributed by atoms with van der Waals surface area (Å²) in [5, 5.41) is 5.83. The summed E-state index contributed by atoms with van der Waals surface area (Å²) >= 11 is 7.46. The molecule has 0 unspecified atom stereocenters. The topological polar surface area (TPSA) is 79.5 Å². The molecule has 3 aromatic heterocycles. The Kier molecular flexibility index (Phi) is 6.38. The van der Waals surface area contributed by atoms with Crippen molar-refractivity contribution in [1.29, 1.82) is 0 Å². The normalized spacial score (nSPS) is 14.1. The number of hydrogen-bond donors (Lipinski definition) is 0. The molecule has 4 heterocycles. The van der Waals surface area contributed by atoms with Crippen LogP contribution in [-0.4, -0.2) is 61.6 Å². The second-order valence-electron chi connectivity index (χ2n) is 8.20. The summed E-state index contributed by atoms with van der Waals surface area (Å²) in [7, 11) is 0. The predicted octanol–water partition coefficient (Wildman–Crippen LogP) is 4.04. The third-order valence-corrected chi connectivity index (χ3v) is 6.92. The Hall–Kier alpha value is -3.17. The highest BCUT2D eigenvalue weighted by Gasteiger charge is 2.24. The maximum Gasteiger partial charge on any atom is 0.254 e. The molecule has 0 saturated carbocycles. The van der Waals surface area contributed by atoms with Gasteiger partial charge < -0.3 is 9.80 Å². The van der Waals surface area contributed by atoms with E-state index in [2.05, 4.69) is 25.0 Å². The fraction of sp³-hybridized carbons (Fsp3) is 0.292. The Bertz CT molecular complexity index is 1330. The van der Waals surface area contributed by atoms with Crippen LogP contribution in [0.3, 0.4) is 0 Å². The third-order valence-electron chi connectivity index (χ3n) is 5.81. The molecule has 1 amide bonds. The lowest BCUT2D eigenvalue weighted by Crippen LogP contribution is -2.49. The highest BCUT2D eigenvalue weighted by molar-refractivity contribution is 7.98. The van der Waals surface area contributed by atoms with E-state index in [-0.39, 0.29) is 5.91 Å². The highest BCUT2D eigenvalue weighted by Crippen LogP contribution is 2.24. The molecule has 0 aliphatic carbocycles. The minimum atomic E-state index is 0.0519. The number of anilines is 1. The number of aromatic nitrogens is 5. The van der Waals surface area contributed by atoms with Crippen LogP contribution in [0.15, 0.2) is 53.8 Å². The molecule has 4 aromatic rings. The van der Waals surface area contributed by atoms with Gasteiger partial charge in [0.1, 0.15) is 5.82 Å². The number of rotatable bonds is 5. The molecule has 10 heteroatoms. The van der Waals surface area contributed by atoms with Gasteiger partial charge in [-0.2, -0.15) is 4.98 Å². The van der Waals surface area contributed by atoms with Crippen LogP contribution in [0.25, 0.3) is 5.78 Å². The summed E-state index contributed by atoms with van der Waals surface area (Å²) in [6, 6.07) is 13.5. The van der Waals surface area contributed by atoms with E-state index in [1.165, 1.54) is 11.8 Å². The predicted molar refractivity (Wildman–Crippen MR) is 134 cm³/mol. The van der Waals surface area contributed by atoms with Gasteiger partial charge in [0.15, 0.2) is 0 Å². The molecular weight excluding hydrogens is 470 g/mol. The van der Waals surface area contributed by atoms with Gasteiger partial charge in [0, 0.05) is 55.1 Å². The molecule has 0 bridgehead atoms. The minimum absolute atomic E-state index is 0.0519. The van der Waals surface area contributed by atoms with E-state index >= 15 is 0 Å². The van der Waals surface area contributed by atoms with Crippen LogP contribution in [0.2, 0.25) is 5.02 Å². The Morgan fingerprint density at radius 1 is 1.06 bits per heavy atom. The largest absolute Gasteiger partial charge is 0.353 e. The first-order valence-corrected chi connectivity index (χ1v) is 12.4. The van der Waals surface area contributed by atoms with Gasteiger partial charge >= 0.3 is 0 Å². The molecule has 1 aliphatic heterocycles. The number of hydrogen-bond acceptors (Lipinski definition) is 7. The van der Waals surface area contributed by atoms with Crippen molar-refractivity contribution in [1.82, 2.24) is 29.5 Å². The number of carbonyl (C=O) groups is 1. The molecule has 0 radical (unpaired) electrons. The van der Waals surface area contributed by atoms with Crippen LogP contribution in [0.5, 0.6) is 0 Å². The maximum atomic E-state index is 13.4. The molecule has 1 fully saturated rings. The first-order chi connectivity index (χ1) is 16.5. The van der Waals surface area contributed by atoms with Crippen molar-refractivity contribution >= 4 is 40.9 Å². The van der Waals surface area contributed by atoms with Gasteiger partial charge in [0.2, 0.25) is 5.16 Å². The third kappa shape index (κ3) is 4.71. The number of thioether (sulfide) groups is 1. The summed E-state index contributed by atoms with van der Waals surface area (Å²) in [5.74, 6) is 2.13. The van der Waals surface area contributed by atoms with Crippen LogP contribution in [0, 0.1) is 13.8 Å². The van der Waals surface area contributed by atoms with Crippen molar-refractivity contribution < 1.29 is 4.79 Å². The Morgan fingerprint density at radius 2 is 1.85 bits per heavy atom. The number of benzene rings is 1. The molecule has 5 rings (SSSR count). The van der Waals surface area contributed by atoms with Gasteiger partial charge in [-0.15, -0.1) is 5.10 Å². The van der Waals surface area contributed by atoms with E-state index in [0.29, 0.717) is 34.8 Å². The van der Waals surface area contributed by atoms with E-state index in [1.807, 2.05) is 61.2 Å². The summed E-state index contributed by atoms with van der Waals surface area (Å²) in [5.41, 5.74) is 3.60. The van der Waals surface area contributed by atoms with Crippen LogP contribution in [0.1, 0.15) is 27.3 Å². The highest BCUT2D eigenvalue weighted by atomic mass is 35.5. The number of pyridine rings is 1. The first kappa shape index (κ1) is 22.6. The summed E-state index contributed by atoms with van der Waals surface area (Å²) in [6.07, 6.45) is 1.65. The van der Waals surface area contributed by atoms with Gasteiger partial charge in [-0.05, 0) is 43.7 Å². The minimum Gasteiger partial charge on any atom is -0.353 e. The lowest BCUT2D eigenvalue weighted by molar-refractivity contribution is 0.0745. The molecule has 8 nitrogen and oxygen atoms in total. The molecule has 1 aliphatic rings. The number of aryl methyl sites for hydroxylation is 2. The van der Waals surface area contributed by atoms with Crippen LogP contribution >= 0.6 is 23.4 Å². The maximum absolute atomic E-state index is 13.4. The number of nitrogens with zero attached hydrogens (tertiary/aromatic N) is 7. The SMILES string of the molecule is Cc1cc(C)n2nc(SCc3ccccc3C(=O)N3CCN(c4ccc(Cl)cn4)CC3)nc2n1. The van der Waals surface area contributed by atoms with Crippen molar-refractivity contribution in [2.45, 2.75) is 24.8 Å². The van der Waals surface area contributed by atoms with Crippen molar-refractivity contribution in [3.63, 3.8) is 0 Å². The zero-order chi connectivity index (χ0) is 23.7. The van der Waals surface area contributed by atoms with Gasteiger partial charge in [0.25, 0.3) is 11.7 Å². The number of piperazine rings is 1. The van der Waals surface area contributed by atoms with Crippen molar-refractivity contribution in [3.8, 4) is 0 Å². The van der Waals surface area contributed by atoms with E-state index in [1.54, 1.807) is 10.7 Å². The van der Waals surface area contributed by atoms with E-state index in [4.69, 9.17) is 11.6 Å². The molecule has 0 N–H and O–H groups in total. The molecule has 0 atom stereocenters. The van der Waals surface area contributed by atoms with Gasteiger partial charge in [-0.3, -0.25) is 4.79 Å². The number of halogens is 1. The molecule has 1 saturated heterocycles. The molecule has 34 heavy (non-hydrogen) atoms. The quantitative estimate of drug-likeness (QED) is 0.388. The Balaban J connectivity index is 1.26. The molecule has 174 valence electrons. The van der Waals surface area contributed by atoms with Crippen LogP contribution in [-0.2, 0) is 5.75 Å². The molecule has 0 spiro atoms. The Morgan fingerprint density at radius 3 is 2.62 bits per heavy atom. The summed E-state index contributed by atoms with van der Waals surface area (Å²) in [4.78, 5) is 30.8. The second kappa shape index (κ2) is 9.60. The lowest BCUT2D eigenvalue weighted by Gasteiger charge is -2.35. The van der Waals surface area contributed by atoms with Gasteiger partial charge in [-0.25, -0.2) is 14.5 Å². The number of fused-ring (bicyclic) bond motifs is 1. The lowest BCUT2D eigenvalue weighted by atomic mass is 10.1. The average Bonchev–Trinajstić information content (AvgIpc) is 3.26. The van der Waals surface area contributed by atoms with Gasteiger partial charge in [-0.1, -0.05) is 41.6 Å². The van der Waals surface area contributed by atoms with Crippen molar-refractivity contribution in [2.75, 3.05) is 31.1 Å². The van der Waals surface area contributed by atoms with Crippen molar-refractivity contribution in [2.24, 2.45) is 0 Å². The fourth-order valence-corrected chi connectivity index (χ4v) is 5.00. The monoisotopic (exact) mass is 493 g/mol. The van der Waals surface area contributed by atoms with E-state index in [0.717, 1.165) is 41.4 Å². The smallest absolute Gasteiger partial charge is 0.254 e. The van der Waals surface area contributed by atoms with E-state index in [9.17, 15) is 4.79 Å². The molecule has 1 aromatic carbocycles. The molecular formula is C24H24ClN7OS.